The number of nitriles is 1. The SMILES string of the molecule is N#Cc1ccc(C(=O)OCC(=O)OCCOC(=O)COC(=O)c2ccc(N=C=O)cc2)cc1. The van der Waals surface area contributed by atoms with Crippen molar-refractivity contribution < 1.29 is 42.9 Å². The van der Waals surface area contributed by atoms with E-state index in [2.05, 4.69) is 4.99 Å². The molecule has 11 nitrogen and oxygen atoms in total. The van der Waals surface area contributed by atoms with Gasteiger partial charge in [-0.2, -0.15) is 10.3 Å². The van der Waals surface area contributed by atoms with Crippen LogP contribution >= 0.6 is 0 Å². The zero-order chi connectivity index (χ0) is 24.1. The lowest BCUT2D eigenvalue weighted by Crippen LogP contribution is -2.21. The van der Waals surface area contributed by atoms with E-state index >= 15 is 0 Å². The fourth-order valence-electron chi connectivity index (χ4n) is 2.22. The van der Waals surface area contributed by atoms with Gasteiger partial charge in [0.25, 0.3) is 0 Å². The summed E-state index contributed by atoms with van der Waals surface area (Å²) >= 11 is 0. The molecule has 0 unspecified atom stereocenters. The van der Waals surface area contributed by atoms with Crippen LogP contribution in [0, 0.1) is 11.3 Å². The van der Waals surface area contributed by atoms with Gasteiger partial charge in [-0.3, -0.25) is 0 Å². The smallest absolute Gasteiger partial charge is 0.344 e. The van der Waals surface area contributed by atoms with Gasteiger partial charge in [0.2, 0.25) is 6.08 Å². The van der Waals surface area contributed by atoms with E-state index in [4.69, 9.17) is 24.2 Å². The Balaban J connectivity index is 1.60. The molecule has 168 valence electrons. The standard InChI is InChI=1S/C22H16N2O9/c23-11-15-1-3-16(4-2-15)21(28)32-12-19(26)30-9-10-31-20(27)13-33-22(29)17-5-7-18(8-6-17)24-14-25/h1-8H,9-10,12-13H2. The molecule has 0 saturated carbocycles. The first-order valence-electron chi connectivity index (χ1n) is 9.26. The lowest BCUT2D eigenvalue weighted by molar-refractivity contribution is -0.155. The van der Waals surface area contributed by atoms with Gasteiger partial charge in [-0.25, -0.2) is 24.0 Å². The van der Waals surface area contributed by atoms with Crippen molar-refractivity contribution in [2.24, 2.45) is 4.99 Å². The Hall–Kier alpha value is -4.81. The molecule has 2 rings (SSSR count). The summed E-state index contributed by atoms with van der Waals surface area (Å²) in [7, 11) is 0. The summed E-state index contributed by atoms with van der Waals surface area (Å²) < 4.78 is 19.1. The van der Waals surface area contributed by atoms with E-state index in [-0.39, 0.29) is 24.3 Å². The maximum Gasteiger partial charge on any atom is 0.344 e. The molecular weight excluding hydrogens is 436 g/mol. The molecule has 0 bridgehead atoms. The van der Waals surface area contributed by atoms with Crippen LogP contribution in [0.3, 0.4) is 0 Å². The Kier molecular flexibility index (Phi) is 9.48. The van der Waals surface area contributed by atoms with Crippen molar-refractivity contribution in [3.63, 3.8) is 0 Å². The summed E-state index contributed by atoms with van der Waals surface area (Å²) in [6.45, 7) is -1.92. The summed E-state index contributed by atoms with van der Waals surface area (Å²) in [5.41, 5.74) is 0.975. The van der Waals surface area contributed by atoms with Crippen LogP contribution in [0.2, 0.25) is 0 Å². The number of hydrogen-bond acceptors (Lipinski definition) is 11. The summed E-state index contributed by atoms with van der Waals surface area (Å²) in [4.78, 5) is 60.3. The van der Waals surface area contributed by atoms with Crippen molar-refractivity contribution in [3.05, 3.63) is 65.2 Å². The Labute approximate surface area is 187 Å². The number of isocyanates is 1. The molecule has 33 heavy (non-hydrogen) atoms. The van der Waals surface area contributed by atoms with Gasteiger partial charge in [-0.05, 0) is 48.5 Å². The second kappa shape index (κ2) is 12.8. The number of aliphatic imine (C=N–C) groups is 1. The molecule has 0 heterocycles. The highest BCUT2D eigenvalue weighted by Crippen LogP contribution is 2.12. The van der Waals surface area contributed by atoms with E-state index in [9.17, 15) is 24.0 Å². The maximum absolute atomic E-state index is 11.8. The zero-order valence-electron chi connectivity index (χ0n) is 17.0. The van der Waals surface area contributed by atoms with Crippen LogP contribution in [0.25, 0.3) is 0 Å². The molecule has 2 aromatic rings. The first-order valence-corrected chi connectivity index (χ1v) is 9.26. The van der Waals surface area contributed by atoms with E-state index in [1.165, 1.54) is 54.6 Å². The quantitative estimate of drug-likeness (QED) is 0.170. The fourth-order valence-corrected chi connectivity index (χ4v) is 2.22. The molecule has 0 aliphatic heterocycles. The third-order valence-electron chi connectivity index (χ3n) is 3.78. The predicted octanol–water partition coefficient (Wildman–Crippen LogP) is 1.63. The first-order chi connectivity index (χ1) is 15.9. The number of esters is 4. The molecule has 0 amide bonds. The lowest BCUT2D eigenvalue weighted by Gasteiger charge is -2.08. The normalized spacial score (nSPS) is 9.55. The molecule has 2 aromatic carbocycles. The third kappa shape index (κ3) is 8.45. The number of nitrogens with zero attached hydrogens (tertiary/aromatic N) is 2. The van der Waals surface area contributed by atoms with Gasteiger partial charge in [-0.15, -0.1) is 0 Å². The molecule has 0 spiro atoms. The van der Waals surface area contributed by atoms with Crippen LogP contribution in [-0.2, 0) is 33.3 Å². The second-order valence-electron chi connectivity index (χ2n) is 6.03. The number of ether oxygens (including phenoxy) is 4. The average Bonchev–Trinajstić information content (AvgIpc) is 2.84. The second-order valence-corrected chi connectivity index (χ2v) is 6.03. The highest BCUT2D eigenvalue weighted by atomic mass is 16.6. The molecule has 11 heteroatoms. The van der Waals surface area contributed by atoms with Crippen molar-refractivity contribution in [3.8, 4) is 6.07 Å². The third-order valence-corrected chi connectivity index (χ3v) is 3.78. The van der Waals surface area contributed by atoms with Crippen LogP contribution < -0.4 is 0 Å². The van der Waals surface area contributed by atoms with E-state index < -0.39 is 37.1 Å². The van der Waals surface area contributed by atoms with E-state index in [0.717, 1.165) is 0 Å². The van der Waals surface area contributed by atoms with Crippen LogP contribution in [0.4, 0.5) is 5.69 Å². The van der Waals surface area contributed by atoms with E-state index in [0.29, 0.717) is 11.3 Å². The molecular formula is C22H16N2O9. The minimum atomic E-state index is -0.867. The van der Waals surface area contributed by atoms with Crippen molar-refractivity contribution in [1.29, 1.82) is 5.26 Å². The fraction of sp³-hybridized carbons (Fsp3) is 0.182. The highest BCUT2D eigenvalue weighted by Gasteiger charge is 2.13. The van der Waals surface area contributed by atoms with Crippen LogP contribution in [-0.4, -0.2) is 56.4 Å². The van der Waals surface area contributed by atoms with Crippen molar-refractivity contribution >= 4 is 35.6 Å². The van der Waals surface area contributed by atoms with Gasteiger partial charge in [0.15, 0.2) is 13.2 Å². The minimum absolute atomic E-state index is 0.136. The van der Waals surface area contributed by atoms with Gasteiger partial charge in [0.1, 0.15) is 13.2 Å². The number of carbonyl (C=O) groups is 4. The molecule has 0 atom stereocenters. The van der Waals surface area contributed by atoms with Gasteiger partial charge in [0, 0.05) is 0 Å². The van der Waals surface area contributed by atoms with Crippen LogP contribution in [0.5, 0.6) is 0 Å². The van der Waals surface area contributed by atoms with Crippen LogP contribution in [0.1, 0.15) is 26.3 Å². The Morgan fingerprint density at radius 1 is 0.727 bits per heavy atom. The number of benzene rings is 2. The molecule has 0 N–H and O–H groups in total. The molecule has 0 saturated heterocycles. The molecule has 0 aliphatic carbocycles. The Bertz CT molecular complexity index is 1100. The van der Waals surface area contributed by atoms with Crippen molar-refractivity contribution in [1.82, 2.24) is 0 Å². The highest BCUT2D eigenvalue weighted by molar-refractivity contribution is 5.91. The van der Waals surface area contributed by atoms with Gasteiger partial charge in [-0.1, -0.05) is 0 Å². The summed E-state index contributed by atoms with van der Waals surface area (Å²) in [6.07, 6.45) is 1.36. The largest absolute Gasteiger partial charge is 0.460 e. The summed E-state index contributed by atoms with van der Waals surface area (Å²) in [5, 5.41) is 8.71. The molecule has 0 fully saturated rings. The maximum atomic E-state index is 11.8. The summed E-state index contributed by atoms with van der Waals surface area (Å²) in [6, 6.07) is 13.1. The van der Waals surface area contributed by atoms with E-state index in [1.54, 1.807) is 0 Å². The van der Waals surface area contributed by atoms with Crippen molar-refractivity contribution in [2.75, 3.05) is 26.4 Å². The zero-order valence-corrected chi connectivity index (χ0v) is 17.0. The van der Waals surface area contributed by atoms with Crippen LogP contribution in [0.15, 0.2) is 53.5 Å². The van der Waals surface area contributed by atoms with Gasteiger partial charge < -0.3 is 18.9 Å². The molecule has 0 aromatic heterocycles. The number of rotatable bonds is 10. The van der Waals surface area contributed by atoms with Crippen molar-refractivity contribution in [2.45, 2.75) is 0 Å². The minimum Gasteiger partial charge on any atom is -0.460 e. The van der Waals surface area contributed by atoms with E-state index in [1.807, 2.05) is 6.07 Å². The molecule has 0 radical (unpaired) electrons. The topological polar surface area (TPSA) is 158 Å². The monoisotopic (exact) mass is 452 g/mol. The lowest BCUT2D eigenvalue weighted by atomic mass is 10.1. The summed E-state index contributed by atoms with van der Waals surface area (Å²) in [5.74, 6) is -3.28. The Morgan fingerprint density at radius 2 is 1.18 bits per heavy atom. The average molecular weight is 452 g/mol. The number of carbonyl (C=O) groups excluding carboxylic acids is 5. The first kappa shape index (κ1) is 24.5. The van der Waals surface area contributed by atoms with Gasteiger partial charge >= 0.3 is 23.9 Å². The number of hydrogen-bond donors (Lipinski definition) is 0. The molecule has 0 aliphatic rings. The predicted molar refractivity (Wildman–Crippen MR) is 108 cm³/mol. The van der Waals surface area contributed by atoms with Gasteiger partial charge in [0.05, 0.1) is 28.4 Å². The Morgan fingerprint density at radius 3 is 1.61 bits per heavy atom.